The van der Waals surface area contributed by atoms with E-state index < -0.39 is 5.97 Å². The van der Waals surface area contributed by atoms with Crippen LogP contribution in [-0.2, 0) is 11.3 Å². The second kappa shape index (κ2) is 6.15. The minimum Gasteiger partial charge on any atom is -0.467 e. The molecule has 19 heavy (non-hydrogen) atoms. The van der Waals surface area contributed by atoms with Crippen molar-refractivity contribution in [1.82, 2.24) is 10.3 Å². The van der Waals surface area contributed by atoms with Gasteiger partial charge in [0.1, 0.15) is 12.0 Å². The molecular weight excluding hydrogens is 244 g/mol. The first kappa shape index (κ1) is 13.3. The van der Waals surface area contributed by atoms with Crippen LogP contribution in [0, 0.1) is 0 Å². The van der Waals surface area contributed by atoms with Crippen LogP contribution in [0.15, 0.2) is 41.3 Å². The Kier molecular flexibility index (Phi) is 4.30. The number of esters is 1. The van der Waals surface area contributed by atoms with E-state index in [1.165, 1.54) is 13.4 Å². The van der Waals surface area contributed by atoms with Crippen molar-refractivity contribution in [2.75, 3.05) is 7.11 Å². The second-order valence-corrected chi connectivity index (χ2v) is 4.18. The lowest BCUT2D eigenvalue weighted by Gasteiger charge is -2.12. The lowest BCUT2D eigenvalue weighted by molar-refractivity contribution is 0.0600. The smallest absolute Gasteiger partial charge is 0.341 e. The van der Waals surface area contributed by atoms with Crippen LogP contribution in [0.4, 0.5) is 0 Å². The van der Waals surface area contributed by atoms with Gasteiger partial charge in [-0.15, -0.1) is 0 Å². The van der Waals surface area contributed by atoms with Gasteiger partial charge < -0.3 is 14.5 Å². The van der Waals surface area contributed by atoms with Crippen LogP contribution in [0.5, 0.6) is 0 Å². The lowest BCUT2D eigenvalue weighted by atomic mass is 10.1. The first-order chi connectivity index (χ1) is 9.20. The third-order valence-electron chi connectivity index (χ3n) is 2.86. The Morgan fingerprint density at radius 2 is 2.21 bits per heavy atom. The van der Waals surface area contributed by atoms with Gasteiger partial charge in [-0.1, -0.05) is 0 Å². The van der Waals surface area contributed by atoms with Crippen LogP contribution in [0.1, 0.15) is 34.6 Å². The number of nitrogens with zero attached hydrogens (tertiary/aromatic N) is 1. The molecule has 5 heteroatoms. The first-order valence-electron chi connectivity index (χ1n) is 5.99. The lowest BCUT2D eigenvalue weighted by Crippen LogP contribution is -2.17. The van der Waals surface area contributed by atoms with E-state index in [4.69, 9.17) is 4.42 Å². The van der Waals surface area contributed by atoms with E-state index in [0.29, 0.717) is 17.9 Å². The van der Waals surface area contributed by atoms with Gasteiger partial charge in [-0.05, 0) is 30.7 Å². The summed E-state index contributed by atoms with van der Waals surface area (Å²) in [5.41, 5.74) is 1.57. The first-order valence-corrected chi connectivity index (χ1v) is 5.99. The number of methoxy groups -OCH3 is 1. The molecule has 0 unspecified atom stereocenters. The normalized spacial score (nSPS) is 12.1. The monoisotopic (exact) mass is 260 g/mol. The van der Waals surface area contributed by atoms with Crippen LogP contribution in [0.3, 0.4) is 0 Å². The van der Waals surface area contributed by atoms with Gasteiger partial charge in [0.05, 0.1) is 19.2 Å². The predicted molar refractivity (Wildman–Crippen MR) is 69.5 cm³/mol. The summed E-state index contributed by atoms with van der Waals surface area (Å²) in [6.07, 6.45) is 4.92. The number of rotatable bonds is 5. The molecule has 0 aliphatic carbocycles. The summed E-state index contributed by atoms with van der Waals surface area (Å²) in [7, 11) is 1.35. The maximum absolute atomic E-state index is 11.3. The minimum absolute atomic E-state index is 0.176. The number of ether oxygens (including phenoxy) is 1. The molecule has 0 saturated heterocycles. The van der Waals surface area contributed by atoms with E-state index in [9.17, 15) is 4.79 Å². The van der Waals surface area contributed by atoms with Crippen molar-refractivity contribution in [1.29, 1.82) is 0 Å². The van der Waals surface area contributed by atoms with Gasteiger partial charge in [0.15, 0.2) is 0 Å². The van der Waals surface area contributed by atoms with Crippen molar-refractivity contribution in [2.45, 2.75) is 19.5 Å². The highest BCUT2D eigenvalue weighted by Gasteiger charge is 2.11. The van der Waals surface area contributed by atoms with Gasteiger partial charge >= 0.3 is 5.97 Å². The van der Waals surface area contributed by atoms with Gasteiger partial charge in [-0.25, -0.2) is 4.79 Å². The molecule has 1 atom stereocenters. The molecule has 5 nitrogen and oxygen atoms in total. The Hall–Kier alpha value is -2.14. The summed E-state index contributed by atoms with van der Waals surface area (Å²) in [6, 6.07) is 5.77. The Labute approximate surface area is 111 Å². The summed E-state index contributed by atoms with van der Waals surface area (Å²) in [5.74, 6) is 0.304. The van der Waals surface area contributed by atoms with Crippen molar-refractivity contribution < 1.29 is 13.9 Å². The molecule has 2 aromatic heterocycles. The topological polar surface area (TPSA) is 64.4 Å². The second-order valence-electron chi connectivity index (χ2n) is 4.18. The Morgan fingerprint density at radius 1 is 1.47 bits per heavy atom. The van der Waals surface area contributed by atoms with Crippen molar-refractivity contribution in [3.05, 3.63) is 53.7 Å². The molecule has 0 amide bonds. The maximum Gasteiger partial charge on any atom is 0.341 e. The number of carbonyl (C=O) groups is 1. The average molecular weight is 260 g/mol. The summed E-state index contributed by atoms with van der Waals surface area (Å²) in [6.45, 7) is 2.60. The number of hydrogen-bond acceptors (Lipinski definition) is 5. The highest BCUT2D eigenvalue weighted by molar-refractivity contribution is 5.88. The third-order valence-corrected chi connectivity index (χ3v) is 2.86. The number of pyridine rings is 1. The van der Waals surface area contributed by atoms with Gasteiger partial charge in [0.2, 0.25) is 0 Å². The molecule has 0 aliphatic rings. The molecule has 0 bridgehead atoms. The molecule has 1 N–H and O–H groups in total. The SMILES string of the molecule is COC(=O)c1coc(CN[C@@H](C)c2ccncc2)c1. The van der Waals surface area contributed by atoms with E-state index >= 15 is 0 Å². The molecule has 0 radical (unpaired) electrons. The highest BCUT2D eigenvalue weighted by Crippen LogP contribution is 2.13. The fourth-order valence-corrected chi connectivity index (χ4v) is 1.72. The minimum atomic E-state index is -0.391. The molecule has 0 aliphatic heterocycles. The average Bonchev–Trinajstić information content (AvgIpc) is 2.93. The zero-order chi connectivity index (χ0) is 13.7. The van der Waals surface area contributed by atoms with E-state index in [0.717, 1.165) is 5.56 Å². The van der Waals surface area contributed by atoms with Crippen molar-refractivity contribution in [2.24, 2.45) is 0 Å². The summed E-state index contributed by atoms with van der Waals surface area (Å²) < 4.78 is 9.92. The van der Waals surface area contributed by atoms with Crippen LogP contribution in [0.25, 0.3) is 0 Å². The third kappa shape index (κ3) is 3.42. The Balaban J connectivity index is 1.92. The van der Waals surface area contributed by atoms with Crippen LogP contribution < -0.4 is 5.32 Å². The highest BCUT2D eigenvalue weighted by atomic mass is 16.5. The summed E-state index contributed by atoms with van der Waals surface area (Å²) in [5, 5.41) is 3.31. The summed E-state index contributed by atoms with van der Waals surface area (Å²) in [4.78, 5) is 15.3. The molecular formula is C14H16N2O3. The van der Waals surface area contributed by atoms with E-state index in [1.54, 1.807) is 18.5 Å². The quantitative estimate of drug-likeness (QED) is 0.836. The van der Waals surface area contributed by atoms with Crippen LogP contribution in [0.2, 0.25) is 0 Å². The molecule has 2 aromatic rings. The standard InChI is InChI=1S/C14H16N2O3/c1-10(11-3-5-15-6-4-11)16-8-13-7-12(9-19-13)14(17)18-2/h3-7,9-10,16H,8H2,1-2H3/t10-/m0/s1. The zero-order valence-corrected chi connectivity index (χ0v) is 10.9. The van der Waals surface area contributed by atoms with Crippen LogP contribution in [-0.4, -0.2) is 18.1 Å². The summed E-state index contributed by atoms with van der Waals surface area (Å²) >= 11 is 0. The Bertz CT molecular complexity index is 537. The zero-order valence-electron chi connectivity index (χ0n) is 10.9. The van der Waals surface area contributed by atoms with E-state index in [2.05, 4.69) is 22.0 Å². The Morgan fingerprint density at radius 3 is 2.89 bits per heavy atom. The number of nitrogens with one attached hydrogen (secondary N) is 1. The van der Waals surface area contributed by atoms with Crippen LogP contribution >= 0.6 is 0 Å². The number of carbonyl (C=O) groups excluding carboxylic acids is 1. The molecule has 0 spiro atoms. The predicted octanol–water partition coefficient (Wildman–Crippen LogP) is 2.31. The fourth-order valence-electron chi connectivity index (χ4n) is 1.72. The molecule has 2 heterocycles. The molecule has 2 rings (SSSR count). The van der Waals surface area contributed by atoms with Crippen molar-refractivity contribution in [3.63, 3.8) is 0 Å². The molecule has 100 valence electrons. The van der Waals surface area contributed by atoms with E-state index in [-0.39, 0.29) is 6.04 Å². The van der Waals surface area contributed by atoms with Crippen molar-refractivity contribution in [3.8, 4) is 0 Å². The molecule has 0 saturated carbocycles. The van der Waals surface area contributed by atoms with Gasteiger partial charge in [0, 0.05) is 18.4 Å². The largest absolute Gasteiger partial charge is 0.467 e. The molecule has 0 fully saturated rings. The fraction of sp³-hybridized carbons (Fsp3) is 0.286. The number of aromatic nitrogens is 1. The number of hydrogen-bond donors (Lipinski definition) is 1. The number of furan rings is 1. The van der Waals surface area contributed by atoms with Gasteiger partial charge in [-0.2, -0.15) is 0 Å². The van der Waals surface area contributed by atoms with E-state index in [1.807, 2.05) is 12.1 Å². The molecule has 0 aromatic carbocycles. The van der Waals surface area contributed by atoms with Gasteiger partial charge in [-0.3, -0.25) is 4.98 Å². The maximum atomic E-state index is 11.3. The van der Waals surface area contributed by atoms with Gasteiger partial charge in [0.25, 0.3) is 0 Å². The van der Waals surface area contributed by atoms with Crippen molar-refractivity contribution >= 4 is 5.97 Å².